The summed E-state index contributed by atoms with van der Waals surface area (Å²) in [5.74, 6) is -0.495. The molecule has 1 aromatic rings. The molecule has 1 aliphatic carbocycles. The average molecular weight is 379 g/mol. The fourth-order valence-electron chi connectivity index (χ4n) is 2.37. The van der Waals surface area contributed by atoms with Gasteiger partial charge in [0, 0.05) is 27.7 Å². The largest absolute Gasteiger partial charge is 0.463 e. The molecule has 1 aromatic carbocycles. The number of allylic oxidation sites excluding steroid dienone is 1. The summed E-state index contributed by atoms with van der Waals surface area (Å²) in [5, 5.41) is 4.19. The molecule has 5 nitrogen and oxygen atoms in total. The van der Waals surface area contributed by atoms with Gasteiger partial charge in [-0.1, -0.05) is 21.5 Å². The van der Waals surface area contributed by atoms with Crippen molar-refractivity contribution in [3.05, 3.63) is 45.4 Å². The first-order valence-electron chi connectivity index (χ1n) is 7.48. The monoisotopic (exact) mass is 378 g/mol. The molecule has 1 amide bonds. The van der Waals surface area contributed by atoms with Crippen molar-refractivity contribution in [1.82, 2.24) is 5.43 Å². The molecule has 0 saturated heterocycles. The normalized spacial score (nSPS) is 16.4. The van der Waals surface area contributed by atoms with Crippen LogP contribution in [0.2, 0.25) is 0 Å². The highest BCUT2D eigenvalue weighted by molar-refractivity contribution is 9.10. The van der Waals surface area contributed by atoms with Crippen molar-refractivity contribution in [2.75, 3.05) is 6.61 Å². The van der Waals surface area contributed by atoms with Crippen LogP contribution in [-0.4, -0.2) is 24.2 Å². The maximum Gasteiger partial charge on any atom is 0.333 e. The van der Waals surface area contributed by atoms with E-state index in [1.54, 1.807) is 31.2 Å². The van der Waals surface area contributed by atoms with E-state index in [0.29, 0.717) is 31.4 Å². The van der Waals surface area contributed by atoms with Crippen LogP contribution in [0.5, 0.6) is 0 Å². The van der Waals surface area contributed by atoms with Crippen LogP contribution in [0.3, 0.4) is 0 Å². The zero-order valence-corrected chi connectivity index (χ0v) is 14.8. The molecular weight excluding hydrogens is 360 g/mol. The van der Waals surface area contributed by atoms with Crippen LogP contribution in [0, 0.1) is 0 Å². The van der Waals surface area contributed by atoms with Crippen LogP contribution in [0.1, 0.15) is 43.5 Å². The molecule has 2 rings (SSSR count). The molecule has 0 aromatic heterocycles. The number of rotatable bonds is 4. The van der Waals surface area contributed by atoms with E-state index in [4.69, 9.17) is 4.74 Å². The van der Waals surface area contributed by atoms with Crippen molar-refractivity contribution < 1.29 is 14.3 Å². The fourth-order valence-corrected chi connectivity index (χ4v) is 2.63. The van der Waals surface area contributed by atoms with Crippen LogP contribution in [0.25, 0.3) is 0 Å². The molecule has 0 fully saturated rings. The fraction of sp³-hybridized carbons (Fsp3) is 0.353. The maximum absolute atomic E-state index is 12.0. The number of esters is 1. The molecule has 1 aliphatic rings. The lowest BCUT2D eigenvalue weighted by atomic mass is 9.91. The molecule has 0 atom stereocenters. The van der Waals surface area contributed by atoms with Crippen LogP contribution >= 0.6 is 15.9 Å². The van der Waals surface area contributed by atoms with E-state index in [-0.39, 0.29) is 11.9 Å². The van der Waals surface area contributed by atoms with Gasteiger partial charge in [0.25, 0.3) is 5.91 Å². The standard InChI is InChI=1S/C17H19BrN2O3/c1-3-23-17(22)15-9-8-14(10-11(15)2)19-20-16(21)12-4-6-13(18)7-5-12/h4-7H,3,8-10H2,1-2H3,(H,20,21)/b19-14+. The van der Waals surface area contributed by atoms with Crippen LogP contribution < -0.4 is 5.43 Å². The van der Waals surface area contributed by atoms with Crippen molar-refractivity contribution in [1.29, 1.82) is 0 Å². The number of carbonyl (C=O) groups is 2. The minimum atomic E-state index is -0.247. The zero-order valence-electron chi connectivity index (χ0n) is 13.2. The minimum Gasteiger partial charge on any atom is -0.463 e. The Labute approximate surface area is 143 Å². The number of benzene rings is 1. The summed E-state index contributed by atoms with van der Waals surface area (Å²) in [6.07, 6.45) is 1.82. The first-order valence-corrected chi connectivity index (χ1v) is 8.27. The van der Waals surface area contributed by atoms with Gasteiger partial charge in [-0.2, -0.15) is 5.10 Å². The Morgan fingerprint density at radius 1 is 1.26 bits per heavy atom. The van der Waals surface area contributed by atoms with Crippen molar-refractivity contribution in [3.63, 3.8) is 0 Å². The Kier molecular flexibility index (Phi) is 6.10. The molecule has 0 unspecified atom stereocenters. The second-order valence-electron chi connectivity index (χ2n) is 5.28. The molecule has 0 bridgehead atoms. The minimum absolute atomic E-state index is 0.247. The Balaban J connectivity index is 1.98. The summed E-state index contributed by atoms with van der Waals surface area (Å²) in [5.41, 5.74) is 5.66. The molecule has 0 saturated carbocycles. The third-order valence-corrected chi connectivity index (χ3v) is 4.12. The number of nitrogens with one attached hydrogen (secondary N) is 1. The number of carbonyl (C=O) groups excluding carboxylic acids is 2. The molecule has 0 spiro atoms. The smallest absolute Gasteiger partial charge is 0.333 e. The Hall–Kier alpha value is -1.95. The highest BCUT2D eigenvalue weighted by Crippen LogP contribution is 2.23. The molecule has 6 heteroatoms. The van der Waals surface area contributed by atoms with Gasteiger partial charge in [0.1, 0.15) is 0 Å². The van der Waals surface area contributed by atoms with Crippen molar-refractivity contribution in [2.24, 2.45) is 5.10 Å². The van der Waals surface area contributed by atoms with E-state index >= 15 is 0 Å². The third-order valence-electron chi connectivity index (χ3n) is 3.59. The Morgan fingerprint density at radius 3 is 2.57 bits per heavy atom. The van der Waals surface area contributed by atoms with Gasteiger partial charge in [0.05, 0.1) is 6.61 Å². The SMILES string of the molecule is CCOC(=O)C1=C(C)C/C(=N/NC(=O)c2ccc(Br)cc2)CC1. The molecule has 0 aliphatic heterocycles. The van der Waals surface area contributed by atoms with E-state index in [2.05, 4.69) is 26.5 Å². The van der Waals surface area contributed by atoms with Crippen molar-refractivity contribution >= 4 is 33.5 Å². The van der Waals surface area contributed by atoms with Crippen LogP contribution in [0.4, 0.5) is 0 Å². The number of hydrazone groups is 1. The second kappa shape index (κ2) is 8.06. The summed E-state index contributed by atoms with van der Waals surface area (Å²) in [7, 11) is 0. The van der Waals surface area contributed by atoms with E-state index in [9.17, 15) is 9.59 Å². The van der Waals surface area contributed by atoms with E-state index in [1.807, 2.05) is 6.92 Å². The first kappa shape index (κ1) is 17.4. The molecule has 122 valence electrons. The number of hydrogen-bond donors (Lipinski definition) is 1. The topological polar surface area (TPSA) is 67.8 Å². The maximum atomic E-state index is 12.0. The summed E-state index contributed by atoms with van der Waals surface area (Å²) < 4.78 is 5.96. The molecule has 0 radical (unpaired) electrons. The van der Waals surface area contributed by atoms with Gasteiger partial charge < -0.3 is 4.74 Å². The van der Waals surface area contributed by atoms with E-state index in [1.165, 1.54) is 0 Å². The summed E-state index contributed by atoms with van der Waals surface area (Å²) in [6, 6.07) is 7.07. The lowest BCUT2D eigenvalue weighted by Crippen LogP contribution is -2.22. The molecule has 23 heavy (non-hydrogen) atoms. The van der Waals surface area contributed by atoms with Gasteiger partial charge in [-0.15, -0.1) is 0 Å². The Morgan fingerprint density at radius 2 is 1.96 bits per heavy atom. The predicted octanol–water partition coefficient (Wildman–Crippen LogP) is 3.60. The lowest BCUT2D eigenvalue weighted by molar-refractivity contribution is -0.138. The summed E-state index contributed by atoms with van der Waals surface area (Å²) in [4.78, 5) is 23.8. The second-order valence-corrected chi connectivity index (χ2v) is 6.20. The average Bonchev–Trinajstić information content (AvgIpc) is 2.53. The number of nitrogens with zero attached hydrogens (tertiary/aromatic N) is 1. The summed E-state index contributed by atoms with van der Waals surface area (Å²) in [6.45, 7) is 4.07. The van der Waals surface area contributed by atoms with E-state index < -0.39 is 0 Å². The predicted molar refractivity (Wildman–Crippen MR) is 92.2 cm³/mol. The van der Waals surface area contributed by atoms with Crippen LogP contribution in [0.15, 0.2) is 45.0 Å². The van der Waals surface area contributed by atoms with Gasteiger partial charge in [-0.3, -0.25) is 4.79 Å². The van der Waals surface area contributed by atoms with Crippen molar-refractivity contribution in [2.45, 2.75) is 33.1 Å². The van der Waals surface area contributed by atoms with Crippen LogP contribution in [-0.2, 0) is 9.53 Å². The lowest BCUT2D eigenvalue weighted by Gasteiger charge is -2.18. The number of ether oxygens (including phenoxy) is 1. The number of halogens is 1. The number of hydrogen-bond acceptors (Lipinski definition) is 4. The van der Waals surface area contributed by atoms with Gasteiger partial charge in [-0.05, 0) is 51.0 Å². The third kappa shape index (κ3) is 4.76. The van der Waals surface area contributed by atoms with Gasteiger partial charge in [-0.25, -0.2) is 10.2 Å². The highest BCUT2D eigenvalue weighted by Gasteiger charge is 2.21. The summed E-state index contributed by atoms with van der Waals surface area (Å²) >= 11 is 3.33. The molecular formula is C17H19BrN2O3. The number of amides is 1. The van der Waals surface area contributed by atoms with Crippen molar-refractivity contribution in [3.8, 4) is 0 Å². The van der Waals surface area contributed by atoms with E-state index in [0.717, 1.165) is 21.3 Å². The zero-order chi connectivity index (χ0) is 16.8. The molecule has 1 N–H and O–H groups in total. The Bertz CT molecular complexity index is 663. The van der Waals surface area contributed by atoms with Gasteiger partial charge >= 0.3 is 5.97 Å². The first-order chi connectivity index (χ1) is 11.0. The molecule has 0 heterocycles. The van der Waals surface area contributed by atoms with Gasteiger partial charge in [0.2, 0.25) is 0 Å². The van der Waals surface area contributed by atoms with Gasteiger partial charge in [0.15, 0.2) is 0 Å². The quantitative estimate of drug-likeness (QED) is 0.642. The highest BCUT2D eigenvalue weighted by atomic mass is 79.9.